The van der Waals surface area contributed by atoms with Crippen LogP contribution in [0.25, 0.3) is 0 Å². The van der Waals surface area contributed by atoms with E-state index in [-0.39, 0.29) is 11.5 Å². The average Bonchev–Trinajstić information content (AvgIpc) is 2.32. The first kappa shape index (κ1) is 17.3. The van der Waals surface area contributed by atoms with Crippen LogP contribution in [-0.4, -0.2) is 11.9 Å². The van der Waals surface area contributed by atoms with Gasteiger partial charge in [-0.15, -0.1) is 11.6 Å². The molecule has 20 heavy (non-hydrogen) atoms. The van der Waals surface area contributed by atoms with E-state index in [0.717, 1.165) is 12.5 Å². The highest BCUT2D eigenvalue weighted by atomic mass is 35.5. The topological polar surface area (TPSA) is 12.0 Å². The van der Waals surface area contributed by atoms with Gasteiger partial charge in [-0.3, -0.25) is 0 Å². The van der Waals surface area contributed by atoms with Gasteiger partial charge in [-0.05, 0) is 23.5 Å². The molecule has 1 unspecified atom stereocenters. The van der Waals surface area contributed by atoms with Crippen molar-refractivity contribution in [3.63, 3.8) is 0 Å². The van der Waals surface area contributed by atoms with Gasteiger partial charge >= 0.3 is 6.18 Å². The van der Waals surface area contributed by atoms with Crippen LogP contribution in [0.5, 0.6) is 0 Å². The Balaban J connectivity index is 2.74. The van der Waals surface area contributed by atoms with Crippen molar-refractivity contribution in [3.8, 4) is 0 Å². The van der Waals surface area contributed by atoms with Gasteiger partial charge in [-0.25, -0.2) is 0 Å². The Morgan fingerprint density at radius 1 is 1.20 bits per heavy atom. The fraction of sp³-hybridized carbons (Fsp3) is 0.600. The van der Waals surface area contributed by atoms with Crippen molar-refractivity contribution in [2.75, 3.05) is 5.88 Å². The van der Waals surface area contributed by atoms with Crippen LogP contribution in [0.15, 0.2) is 24.3 Å². The normalized spacial score (nSPS) is 14.3. The van der Waals surface area contributed by atoms with Crippen molar-refractivity contribution in [2.45, 2.75) is 46.0 Å². The van der Waals surface area contributed by atoms with Crippen molar-refractivity contribution in [2.24, 2.45) is 5.41 Å². The van der Waals surface area contributed by atoms with Crippen molar-refractivity contribution in [3.05, 3.63) is 35.4 Å². The van der Waals surface area contributed by atoms with Crippen molar-refractivity contribution in [1.29, 1.82) is 0 Å². The molecule has 1 nitrogen and oxygen atoms in total. The highest BCUT2D eigenvalue weighted by molar-refractivity contribution is 6.17. The van der Waals surface area contributed by atoms with E-state index in [9.17, 15) is 13.2 Å². The minimum absolute atomic E-state index is 0.0104. The summed E-state index contributed by atoms with van der Waals surface area (Å²) in [5, 5.41) is 3.30. The molecule has 5 heteroatoms. The molecule has 114 valence electrons. The van der Waals surface area contributed by atoms with Crippen LogP contribution >= 0.6 is 11.6 Å². The Morgan fingerprint density at radius 2 is 1.85 bits per heavy atom. The molecule has 0 aromatic heterocycles. The van der Waals surface area contributed by atoms with Gasteiger partial charge in [-0.1, -0.05) is 39.0 Å². The Morgan fingerprint density at radius 3 is 2.35 bits per heavy atom. The van der Waals surface area contributed by atoms with Crippen molar-refractivity contribution < 1.29 is 13.2 Å². The lowest BCUT2D eigenvalue weighted by molar-refractivity contribution is -0.137. The summed E-state index contributed by atoms with van der Waals surface area (Å²) in [6.07, 6.45) is -3.51. The average molecular weight is 308 g/mol. The Bertz CT molecular complexity index is 424. The van der Waals surface area contributed by atoms with E-state index < -0.39 is 11.7 Å². The van der Waals surface area contributed by atoms with E-state index in [4.69, 9.17) is 11.6 Å². The first-order valence-electron chi connectivity index (χ1n) is 6.60. The SMILES string of the molecule is CC(C)(C)C(CCCl)NCc1cccc(C(F)(F)F)c1. The monoisotopic (exact) mass is 307 g/mol. The molecule has 0 heterocycles. The van der Waals surface area contributed by atoms with Crippen molar-refractivity contribution in [1.82, 2.24) is 5.32 Å². The van der Waals surface area contributed by atoms with Gasteiger partial charge in [0.2, 0.25) is 0 Å². The summed E-state index contributed by atoms with van der Waals surface area (Å²) in [6.45, 7) is 6.67. The van der Waals surface area contributed by atoms with Crippen LogP contribution in [0, 0.1) is 5.41 Å². The minimum atomic E-state index is -4.30. The van der Waals surface area contributed by atoms with Crippen molar-refractivity contribution >= 4 is 11.6 Å². The second-order valence-electron chi connectivity index (χ2n) is 5.98. The second kappa shape index (κ2) is 6.81. The summed E-state index contributed by atoms with van der Waals surface area (Å²) in [5.74, 6) is 0.525. The van der Waals surface area contributed by atoms with E-state index in [0.29, 0.717) is 18.0 Å². The third kappa shape index (κ3) is 5.33. The standard InChI is InChI=1S/C15H21ClF3N/c1-14(2,3)13(7-8-16)20-10-11-5-4-6-12(9-11)15(17,18)19/h4-6,9,13,20H,7-8,10H2,1-3H3. The molecule has 0 saturated carbocycles. The zero-order chi connectivity index (χ0) is 15.4. The summed E-state index contributed by atoms with van der Waals surface area (Å²) in [6, 6.07) is 5.57. The molecular weight excluding hydrogens is 287 g/mol. The van der Waals surface area contributed by atoms with Gasteiger partial charge in [0, 0.05) is 18.5 Å². The zero-order valence-electron chi connectivity index (χ0n) is 12.0. The Hall–Kier alpha value is -0.740. The number of halogens is 4. The molecule has 0 saturated heterocycles. The third-order valence-corrected chi connectivity index (χ3v) is 3.47. The van der Waals surface area contributed by atoms with Crippen LogP contribution < -0.4 is 5.32 Å². The van der Waals surface area contributed by atoms with E-state index in [2.05, 4.69) is 26.1 Å². The number of alkyl halides is 4. The molecule has 1 atom stereocenters. The highest BCUT2D eigenvalue weighted by Crippen LogP contribution is 2.29. The smallest absolute Gasteiger partial charge is 0.309 e. The van der Waals surface area contributed by atoms with Gasteiger partial charge in [0.25, 0.3) is 0 Å². The number of rotatable bonds is 5. The van der Waals surface area contributed by atoms with Crippen LogP contribution in [-0.2, 0) is 12.7 Å². The lowest BCUT2D eigenvalue weighted by Crippen LogP contribution is -2.40. The summed E-state index contributed by atoms with van der Waals surface area (Å²) in [7, 11) is 0. The molecule has 0 amide bonds. The van der Waals surface area contributed by atoms with Gasteiger partial charge in [0.05, 0.1) is 5.56 Å². The molecule has 0 radical (unpaired) electrons. The van der Waals surface area contributed by atoms with Gasteiger partial charge < -0.3 is 5.32 Å². The van der Waals surface area contributed by atoms with Crippen LogP contribution in [0.2, 0.25) is 0 Å². The molecule has 1 aromatic carbocycles. The highest BCUT2D eigenvalue weighted by Gasteiger charge is 2.30. The maximum atomic E-state index is 12.6. The van der Waals surface area contributed by atoms with Crippen LogP contribution in [0.4, 0.5) is 13.2 Å². The molecule has 0 aliphatic rings. The minimum Gasteiger partial charge on any atom is -0.309 e. The van der Waals surface area contributed by atoms with Crippen LogP contribution in [0.3, 0.4) is 0 Å². The molecule has 0 fully saturated rings. The molecule has 0 spiro atoms. The first-order valence-corrected chi connectivity index (χ1v) is 7.13. The number of hydrogen-bond donors (Lipinski definition) is 1. The molecule has 1 aromatic rings. The summed E-state index contributed by atoms with van der Waals surface area (Å²) < 4.78 is 37.9. The molecule has 1 rings (SSSR count). The quantitative estimate of drug-likeness (QED) is 0.768. The fourth-order valence-corrected chi connectivity index (χ4v) is 2.27. The zero-order valence-corrected chi connectivity index (χ0v) is 12.8. The summed E-state index contributed by atoms with van der Waals surface area (Å²) >= 11 is 5.78. The Labute approximate surface area is 123 Å². The van der Waals surface area contributed by atoms with Crippen LogP contribution in [0.1, 0.15) is 38.3 Å². The second-order valence-corrected chi connectivity index (χ2v) is 6.35. The lowest BCUT2D eigenvalue weighted by Gasteiger charge is -2.31. The van der Waals surface area contributed by atoms with E-state index in [1.165, 1.54) is 12.1 Å². The number of benzene rings is 1. The summed E-state index contributed by atoms with van der Waals surface area (Å²) in [5.41, 5.74) is 0.0291. The summed E-state index contributed by atoms with van der Waals surface area (Å²) in [4.78, 5) is 0. The molecule has 1 N–H and O–H groups in total. The maximum absolute atomic E-state index is 12.6. The third-order valence-electron chi connectivity index (χ3n) is 3.25. The number of nitrogens with one attached hydrogen (secondary N) is 1. The maximum Gasteiger partial charge on any atom is 0.416 e. The predicted octanol–water partition coefficient (Wildman–Crippen LogP) is 4.84. The molecular formula is C15H21ClF3N. The van der Waals surface area contributed by atoms with E-state index in [1.54, 1.807) is 6.07 Å². The van der Waals surface area contributed by atoms with Gasteiger partial charge in [0.15, 0.2) is 0 Å². The fourth-order valence-electron chi connectivity index (χ4n) is 2.05. The predicted molar refractivity (Wildman–Crippen MR) is 76.9 cm³/mol. The van der Waals surface area contributed by atoms with Gasteiger partial charge in [0.1, 0.15) is 0 Å². The first-order chi connectivity index (χ1) is 9.14. The lowest BCUT2D eigenvalue weighted by atomic mass is 9.85. The van der Waals surface area contributed by atoms with E-state index in [1.807, 2.05) is 0 Å². The molecule has 0 bridgehead atoms. The van der Waals surface area contributed by atoms with Gasteiger partial charge in [-0.2, -0.15) is 13.2 Å². The number of hydrogen-bond acceptors (Lipinski definition) is 1. The Kier molecular flexibility index (Phi) is 5.90. The largest absolute Gasteiger partial charge is 0.416 e. The molecule has 0 aliphatic heterocycles. The van der Waals surface area contributed by atoms with E-state index >= 15 is 0 Å². The molecule has 0 aliphatic carbocycles.